The highest BCUT2D eigenvalue weighted by Gasteiger charge is 2.19. The minimum absolute atomic E-state index is 0.772. The first-order chi connectivity index (χ1) is 12.1. The second-order valence-corrected chi connectivity index (χ2v) is 7.18. The topological polar surface area (TPSA) is 66.8 Å². The number of aromatic nitrogens is 4. The van der Waals surface area contributed by atoms with Crippen LogP contribution < -0.4 is 0 Å². The summed E-state index contributed by atoms with van der Waals surface area (Å²) in [6.07, 6.45) is 10.8. The lowest BCUT2D eigenvalue weighted by molar-refractivity contribution is 0.309. The van der Waals surface area contributed by atoms with Gasteiger partial charge in [0.05, 0.1) is 0 Å². The molecule has 0 amide bonds. The summed E-state index contributed by atoms with van der Waals surface area (Å²) in [6.45, 7) is 6.00. The molecule has 0 atom stereocenters. The summed E-state index contributed by atoms with van der Waals surface area (Å²) in [5.41, 5.74) is 5.12. The summed E-state index contributed by atoms with van der Waals surface area (Å²) in [7, 11) is 0. The first-order valence-corrected chi connectivity index (χ1v) is 8.92. The Morgan fingerprint density at radius 2 is 2.08 bits per heavy atom. The van der Waals surface area contributed by atoms with Gasteiger partial charge in [-0.3, -0.25) is 0 Å². The normalized spacial score (nSPS) is 14.5. The quantitative estimate of drug-likeness (QED) is 0.698. The zero-order chi connectivity index (χ0) is 17.4. The van der Waals surface area contributed by atoms with E-state index in [0.717, 1.165) is 57.4 Å². The van der Waals surface area contributed by atoms with Crippen LogP contribution in [0.25, 0.3) is 22.2 Å². The van der Waals surface area contributed by atoms with Crippen molar-refractivity contribution in [2.45, 2.75) is 46.5 Å². The maximum atomic E-state index is 4.71. The van der Waals surface area contributed by atoms with Crippen molar-refractivity contribution in [2.75, 3.05) is 0 Å². The third kappa shape index (κ3) is 3.18. The Balaban J connectivity index is 1.67. The maximum absolute atomic E-state index is 4.71. The van der Waals surface area contributed by atoms with Gasteiger partial charge in [0, 0.05) is 47.2 Å². The number of aromatic amines is 1. The Kier molecular flexibility index (Phi) is 4.07. The van der Waals surface area contributed by atoms with Crippen LogP contribution in [0.2, 0.25) is 0 Å². The number of fused-ring (bicyclic) bond motifs is 1. The zero-order valence-corrected chi connectivity index (χ0v) is 15.0. The molecule has 0 spiro atoms. The SMILES string of the molecule is CC(C)=Nc1ncc(-c2c[nH]c3nc(CC4CCC4)ncc23)cc1C. The van der Waals surface area contributed by atoms with E-state index < -0.39 is 0 Å². The highest BCUT2D eigenvalue weighted by Crippen LogP contribution is 2.31. The molecule has 1 fully saturated rings. The molecule has 5 nitrogen and oxygen atoms in total. The number of hydrogen-bond acceptors (Lipinski definition) is 4. The van der Waals surface area contributed by atoms with Crippen molar-refractivity contribution in [1.29, 1.82) is 0 Å². The zero-order valence-electron chi connectivity index (χ0n) is 15.0. The molecule has 128 valence electrons. The number of nitrogens with zero attached hydrogens (tertiary/aromatic N) is 4. The molecule has 25 heavy (non-hydrogen) atoms. The number of nitrogens with one attached hydrogen (secondary N) is 1. The lowest BCUT2D eigenvalue weighted by atomic mass is 9.83. The van der Waals surface area contributed by atoms with Gasteiger partial charge in [-0.15, -0.1) is 0 Å². The minimum Gasteiger partial charge on any atom is -0.345 e. The summed E-state index contributed by atoms with van der Waals surface area (Å²) < 4.78 is 0. The van der Waals surface area contributed by atoms with Crippen molar-refractivity contribution in [3.05, 3.63) is 36.0 Å². The van der Waals surface area contributed by atoms with Crippen molar-refractivity contribution in [3.8, 4) is 11.1 Å². The Labute approximate surface area is 147 Å². The molecule has 1 aliphatic rings. The van der Waals surface area contributed by atoms with E-state index in [1.807, 2.05) is 39.4 Å². The summed E-state index contributed by atoms with van der Waals surface area (Å²) in [5.74, 6) is 2.50. The van der Waals surface area contributed by atoms with Crippen molar-refractivity contribution in [3.63, 3.8) is 0 Å². The summed E-state index contributed by atoms with van der Waals surface area (Å²) >= 11 is 0. The smallest absolute Gasteiger partial charge is 0.154 e. The van der Waals surface area contributed by atoms with E-state index in [-0.39, 0.29) is 0 Å². The second-order valence-electron chi connectivity index (χ2n) is 7.18. The molecule has 1 aliphatic carbocycles. The van der Waals surface area contributed by atoms with Crippen LogP contribution in [-0.4, -0.2) is 25.6 Å². The Morgan fingerprint density at radius 3 is 2.76 bits per heavy atom. The van der Waals surface area contributed by atoms with Gasteiger partial charge >= 0.3 is 0 Å². The molecule has 4 rings (SSSR count). The molecule has 0 saturated heterocycles. The van der Waals surface area contributed by atoms with Crippen molar-refractivity contribution >= 4 is 22.6 Å². The van der Waals surface area contributed by atoms with E-state index in [4.69, 9.17) is 4.98 Å². The molecular weight excluding hydrogens is 310 g/mol. The molecule has 3 aromatic rings. The predicted molar refractivity (Wildman–Crippen MR) is 101 cm³/mol. The molecule has 3 aromatic heterocycles. The minimum atomic E-state index is 0.772. The number of aryl methyl sites for hydroxylation is 1. The van der Waals surface area contributed by atoms with Crippen molar-refractivity contribution in [1.82, 2.24) is 19.9 Å². The number of pyridine rings is 1. The number of aliphatic imine (C=N–C) groups is 1. The molecule has 1 N–H and O–H groups in total. The maximum Gasteiger partial charge on any atom is 0.154 e. The van der Waals surface area contributed by atoms with Crippen LogP contribution in [0.15, 0.2) is 29.6 Å². The van der Waals surface area contributed by atoms with Crippen molar-refractivity contribution < 1.29 is 0 Å². The lowest BCUT2D eigenvalue weighted by Crippen LogP contribution is -2.15. The predicted octanol–water partition coefficient (Wildman–Crippen LogP) is 4.78. The third-order valence-electron chi connectivity index (χ3n) is 4.87. The fourth-order valence-corrected chi connectivity index (χ4v) is 3.28. The van der Waals surface area contributed by atoms with Gasteiger partial charge in [-0.05, 0) is 38.3 Å². The van der Waals surface area contributed by atoms with Gasteiger partial charge in [0.25, 0.3) is 0 Å². The number of H-pyrrole nitrogens is 1. The monoisotopic (exact) mass is 333 g/mol. The van der Waals surface area contributed by atoms with Crippen LogP contribution in [0.1, 0.15) is 44.5 Å². The summed E-state index contributed by atoms with van der Waals surface area (Å²) in [6, 6.07) is 2.12. The van der Waals surface area contributed by atoms with Crippen LogP contribution in [-0.2, 0) is 6.42 Å². The van der Waals surface area contributed by atoms with E-state index in [9.17, 15) is 0 Å². The molecule has 0 aliphatic heterocycles. The molecular formula is C20H23N5. The van der Waals surface area contributed by atoms with E-state index in [0.29, 0.717) is 0 Å². The fraction of sp³-hybridized carbons (Fsp3) is 0.400. The second kappa shape index (κ2) is 6.39. The summed E-state index contributed by atoms with van der Waals surface area (Å²) in [4.78, 5) is 21.6. The van der Waals surface area contributed by atoms with E-state index >= 15 is 0 Å². The molecule has 5 heteroatoms. The Hall–Kier alpha value is -2.56. The van der Waals surface area contributed by atoms with E-state index in [2.05, 4.69) is 26.0 Å². The molecule has 0 unspecified atom stereocenters. The average Bonchev–Trinajstić information content (AvgIpc) is 2.96. The number of hydrogen-bond donors (Lipinski definition) is 1. The van der Waals surface area contributed by atoms with Gasteiger partial charge in [0.2, 0.25) is 0 Å². The number of rotatable bonds is 4. The van der Waals surface area contributed by atoms with Gasteiger partial charge in [-0.2, -0.15) is 0 Å². The first kappa shape index (κ1) is 15.9. The van der Waals surface area contributed by atoms with Gasteiger partial charge in [-0.1, -0.05) is 19.3 Å². The van der Waals surface area contributed by atoms with Crippen molar-refractivity contribution in [2.24, 2.45) is 10.9 Å². The van der Waals surface area contributed by atoms with Crippen LogP contribution in [0, 0.1) is 12.8 Å². The van der Waals surface area contributed by atoms with Crippen LogP contribution >= 0.6 is 0 Å². The van der Waals surface area contributed by atoms with Gasteiger partial charge < -0.3 is 4.98 Å². The fourth-order valence-electron chi connectivity index (χ4n) is 3.28. The van der Waals surface area contributed by atoms with Crippen LogP contribution in [0.4, 0.5) is 5.82 Å². The summed E-state index contributed by atoms with van der Waals surface area (Å²) in [5, 5.41) is 1.04. The van der Waals surface area contributed by atoms with Crippen LogP contribution in [0.3, 0.4) is 0 Å². The molecule has 0 radical (unpaired) electrons. The molecule has 0 bridgehead atoms. The van der Waals surface area contributed by atoms with Gasteiger partial charge in [0.15, 0.2) is 5.82 Å². The van der Waals surface area contributed by atoms with Crippen LogP contribution in [0.5, 0.6) is 0 Å². The Bertz CT molecular complexity index is 946. The Morgan fingerprint density at radius 1 is 1.24 bits per heavy atom. The highest BCUT2D eigenvalue weighted by atomic mass is 14.9. The van der Waals surface area contributed by atoms with Gasteiger partial charge in [0.1, 0.15) is 11.5 Å². The largest absolute Gasteiger partial charge is 0.345 e. The molecule has 3 heterocycles. The third-order valence-corrected chi connectivity index (χ3v) is 4.87. The van der Waals surface area contributed by atoms with E-state index in [1.165, 1.54) is 19.3 Å². The average molecular weight is 333 g/mol. The standard InChI is InChI=1S/C20H23N5/c1-12(2)24-19-13(3)7-15(9-22-19)16-10-23-20-17(16)11-21-18(25-20)8-14-5-4-6-14/h7,9-11,14H,4-6,8H2,1-3H3,(H,21,23,25). The lowest BCUT2D eigenvalue weighted by Gasteiger charge is -2.24. The molecule has 1 saturated carbocycles. The van der Waals surface area contributed by atoms with Gasteiger partial charge in [-0.25, -0.2) is 19.9 Å². The highest BCUT2D eigenvalue weighted by molar-refractivity contribution is 5.93. The molecule has 0 aromatic carbocycles. The van der Waals surface area contributed by atoms with E-state index in [1.54, 1.807) is 0 Å². The first-order valence-electron chi connectivity index (χ1n) is 8.92.